The summed E-state index contributed by atoms with van der Waals surface area (Å²) >= 11 is 0. The number of nitro groups is 1. The zero-order valence-electron chi connectivity index (χ0n) is 11.1. The lowest BCUT2D eigenvalue weighted by Gasteiger charge is -2.14. The average Bonchev–Trinajstić information content (AvgIpc) is 2.43. The van der Waals surface area contributed by atoms with Crippen molar-refractivity contribution in [2.75, 3.05) is 0 Å². The Kier molecular flexibility index (Phi) is 5.54. The van der Waals surface area contributed by atoms with Crippen LogP contribution in [-0.4, -0.2) is 36.4 Å². The highest BCUT2D eigenvalue weighted by Crippen LogP contribution is 2.16. The summed E-state index contributed by atoms with van der Waals surface area (Å²) < 4.78 is 25.9. The molecule has 22 heavy (non-hydrogen) atoms. The maximum absolute atomic E-state index is 12.0. The van der Waals surface area contributed by atoms with Crippen LogP contribution < -0.4 is 10.5 Å². The number of carboxylic acids is 1. The molecule has 1 rings (SSSR count). The minimum absolute atomic E-state index is 0.303. The normalized spacial score (nSPS) is 12.5. The fourth-order valence-corrected chi connectivity index (χ4v) is 2.75. The SMILES string of the molecule is NC(=O)CC[C@@H](NS(=O)(=O)c1ccc([N+](=O)[O-])cc1)C(=O)O. The van der Waals surface area contributed by atoms with E-state index < -0.39 is 32.9 Å². The second-order valence-electron chi connectivity index (χ2n) is 4.27. The Morgan fingerprint density at radius 2 is 1.86 bits per heavy atom. The maximum Gasteiger partial charge on any atom is 0.321 e. The van der Waals surface area contributed by atoms with Gasteiger partial charge in [0.15, 0.2) is 0 Å². The van der Waals surface area contributed by atoms with Crippen LogP contribution in [-0.2, 0) is 19.6 Å². The van der Waals surface area contributed by atoms with Gasteiger partial charge in [-0.1, -0.05) is 0 Å². The van der Waals surface area contributed by atoms with E-state index in [9.17, 15) is 28.1 Å². The monoisotopic (exact) mass is 331 g/mol. The molecule has 0 aliphatic heterocycles. The number of carboxylic acid groups (broad SMARTS) is 1. The molecule has 0 fully saturated rings. The van der Waals surface area contributed by atoms with Gasteiger partial charge in [-0.2, -0.15) is 4.72 Å². The molecule has 1 aromatic carbocycles. The summed E-state index contributed by atoms with van der Waals surface area (Å²) in [5, 5.41) is 19.4. The number of nitrogens with one attached hydrogen (secondary N) is 1. The predicted octanol–water partition coefficient (Wildman–Crippen LogP) is -0.408. The molecule has 0 aliphatic carbocycles. The molecule has 0 aliphatic rings. The van der Waals surface area contributed by atoms with Crippen LogP contribution in [0.1, 0.15) is 12.8 Å². The van der Waals surface area contributed by atoms with E-state index in [0.29, 0.717) is 0 Å². The van der Waals surface area contributed by atoms with Crippen LogP contribution in [0.25, 0.3) is 0 Å². The van der Waals surface area contributed by atoms with Crippen LogP contribution in [0.2, 0.25) is 0 Å². The van der Waals surface area contributed by atoms with Crippen LogP contribution >= 0.6 is 0 Å². The Morgan fingerprint density at radius 3 is 2.27 bits per heavy atom. The number of benzene rings is 1. The van der Waals surface area contributed by atoms with Crippen molar-refractivity contribution in [3.05, 3.63) is 34.4 Å². The molecule has 0 spiro atoms. The Morgan fingerprint density at radius 1 is 1.32 bits per heavy atom. The van der Waals surface area contributed by atoms with Crippen LogP contribution in [0.5, 0.6) is 0 Å². The van der Waals surface area contributed by atoms with Crippen molar-refractivity contribution in [2.45, 2.75) is 23.8 Å². The van der Waals surface area contributed by atoms with E-state index in [1.54, 1.807) is 0 Å². The van der Waals surface area contributed by atoms with Gasteiger partial charge in [0, 0.05) is 18.6 Å². The lowest BCUT2D eigenvalue weighted by Crippen LogP contribution is -2.41. The van der Waals surface area contributed by atoms with Crippen LogP contribution in [0.3, 0.4) is 0 Å². The van der Waals surface area contributed by atoms with Crippen molar-refractivity contribution in [1.82, 2.24) is 4.72 Å². The number of primary amides is 1. The number of nitro benzene ring substituents is 1. The number of non-ortho nitro benzene ring substituents is 1. The molecular weight excluding hydrogens is 318 g/mol. The van der Waals surface area contributed by atoms with Crippen LogP contribution in [0.4, 0.5) is 5.69 Å². The van der Waals surface area contributed by atoms with Gasteiger partial charge in [0.2, 0.25) is 15.9 Å². The quantitative estimate of drug-likeness (QED) is 0.429. The summed E-state index contributed by atoms with van der Waals surface area (Å²) in [5.41, 5.74) is 4.58. The Bertz CT molecular complexity index is 684. The van der Waals surface area contributed by atoms with E-state index in [0.717, 1.165) is 24.3 Å². The van der Waals surface area contributed by atoms with E-state index >= 15 is 0 Å². The van der Waals surface area contributed by atoms with Gasteiger partial charge in [-0.15, -0.1) is 0 Å². The lowest BCUT2D eigenvalue weighted by molar-refractivity contribution is -0.384. The van der Waals surface area contributed by atoms with E-state index in [2.05, 4.69) is 0 Å². The summed E-state index contributed by atoms with van der Waals surface area (Å²) in [6.07, 6.45) is -0.614. The minimum atomic E-state index is -4.20. The van der Waals surface area contributed by atoms with Crippen LogP contribution in [0.15, 0.2) is 29.2 Å². The van der Waals surface area contributed by atoms with Crippen molar-refractivity contribution < 1.29 is 28.0 Å². The van der Waals surface area contributed by atoms with Crippen molar-refractivity contribution in [3.63, 3.8) is 0 Å². The zero-order valence-corrected chi connectivity index (χ0v) is 11.9. The first-order chi connectivity index (χ1) is 10.1. The standard InChI is InChI=1S/C11H13N3O7S/c12-10(15)6-5-9(11(16)17)13-22(20,21)8-3-1-7(2-4-8)14(18)19/h1-4,9,13H,5-6H2,(H2,12,15)(H,16,17)/t9-/m1/s1. The second-order valence-corrected chi connectivity index (χ2v) is 5.98. The number of sulfonamides is 1. The van der Waals surface area contributed by atoms with Gasteiger partial charge in [0.25, 0.3) is 5.69 Å². The van der Waals surface area contributed by atoms with E-state index in [1.807, 2.05) is 4.72 Å². The number of hydrogen-bond acceptors (Lipinski definition) is 6. The number of carbonyl (C=O) groups is 2. The fourth-order valence-electron chi connectivity index (χ4n) is 1.52. The van der Waals surface area contributed by atoms with Gasteiger partial charge in [-0.05, 0) is 18.6 Å². The topological polar surface area (TPSA) is 170 Å². The fraction of sp³-hybridized carbons (Fsp3) is 0.273. The molecule has 11 heteroatoms. The highest BCUT2D eigenvalue weighted by Gasteiger charge is 2.26. The molecule has 0 unspecified atom stereocenters. The highest BCUT2D eigenvalue weighted by atomic mass is 32.2. The number of rotatable bonds is 8. The van der Waals surface area contributed by atoms with E-state index in [-0.39, 0.29) is 23.4 Å². The first kappa shape index (κ1) is 17.5. The Hall–Kier alpha value is -2.53. The first-order valence-corrected chi connectivity index (χ1v) is 7.39. The maximum atomic E-state index is 12.0. The molecule has 0 bridgehead atoms. The van der Waals surface area contributed by atoms with Crippen molar-refractivity contribution in [3.8, 4) is 0 Å². The molecule has 0 radical (unpaired) electrons. The molecule has 0 saturated carbocycles. The van der Waals surface area contributed by atoms with Gasteiger partial charge in [-0.25, -0.2) is 8.42 Å². The largest absolute Gasteiger partial charge is 0.480 e. The van der Waals surface area contributed by atoms with Crippen LogP contribution in [0, 0.1) is 10.1 Å². The number of carbonyl (C=O) groups excluding carboxylic acids is 1. The third-order valence-corrected chi connectivity index (χ3v) is 4.12. The number of hydrogen-bond donors (Lipinski definition) is 3. The van der Waals surface area contributed by atoms with Gasteiger partial charge in [0.05, 0.1) is 9.82 Å². The summed E-state index contributed by atoms with van der Waals surface area (Å²) in [6.45, 7) is 0. The van der Waals surface area contributed by atoms with E-state index in [4.69, 9.17) is 10.8 Å². The summed E-state index contributed by atoms with van der Waals surface area (Å²) in [7, 11) is -4.20. The summed E-state index contributed by atoms with van der Waals surface area (Å²) in [4.78, 5) is 31.1. The zero-order chi connectivity index (χ0) is 16.9. The second kappa shape index (κ2) is 6.95. The molecular formula is C11H13N3O7S. The first-order valence-electron chi connectivity index (χ1n) is 5.91. The molecule has 1 amide bonds. The van der Waals surface area contributed by atoms with Gasteiger partial charge >= 0.3 is 5.97 Å². The van der Waals surface area contributed by atoms with Crippen molar-refractivity contribution in [2.24, 2.45) is 5.73 Å². The number of amides is 1. The molecule has 0 saturated heterocycles. The van der Waals surface area contributed by atoms with Crippen molar-refractivity contribution in [1.29, 1.82) is 0 Å². The number of nitrogens with two attached hydrogens (primary N) is 1. The third kappa shape index (κ3) is 4.79. The Balaban J connectivity index is 2.94. The van der Waals surface area contributed by atoms with E-state index in [1.165, 1.54) is 0 Å². The van der Waals surface area contributed by atoms with Gasteiger partial charge in [0.1, 0.15) is 6.04 Å². The highest BCUT2D eigenvalue weighted by molar-refractivity contribution is 7.89. The molecule has 4 N–H and O–H groups in total. The predicted molar refractivity (Wildman–Crippen MR) is 73.3 cm³/mol. The molecule has 1 atom stereocenters. The molecule has 0 aromatic heterocycles. The molecule has 10 nitrogen and oxygen atoms in total. The lowest BCUT2D eigenvalue weighted by atomic mass is 10.2. The number of nitrogens with zero attached hydrogens (tertiary/aromatic N) is 1. The minimum Gasteiger partial charge on any atom is -0.480 e. The van der Waals surface area contributed by atoms with Crippen molar-refractivity contribution >= 4 is 27.6 Å². The summed E-state index contributed by atoms with van der Waals surface area (Å²) in [5.74, 6) is -2.23. The third-order valence-electron chi connectivity index (χ3n) is 2.63. The van der Waals surface area contributed by atoms with Gasteiger partial charge in [-0.3, -0.25) is 19.7 Å². The van der Waals surface area contributed by atoms with Gasteiger partial charge < -0.3 is 10.8 Å². The molecule has 0 heterocycles. The summed E-state index contributed by atoms with van der Waals surface area (Å²) in [6, 6.07) is 2.38. The number of aliphatic carboxylic acids is 1. The Labute approximate surface area is 125 Å². The molecule has 120 valence electrons. The average molecular weight is 331 g/mol. The smallest absolute Gasteiger partial charge is 0.321 e. The molecule has 1 aromatic rings.